The number of nitrogens with zero attached hydrogens (tertiary/aromatic N) is 2. The summed E-state index contributed by atoms with van der Waals surface area (Å²) in [5.74, 6) is 0. The van der Waals surface area contributed by atoms with Gasteiger partial charge in [-0.1, -0.05) is 0 Å². The zero-order chi connectivity index (χ0) is 11.1. The highest BCUT2D eigenvalue weighted by molar-refractivity contribution is 4.77. The van der Waals surface area contributed by atoms with E-state index in [-0.39, 0.29) is 0 Å². The van der Waals surface area contributed by atoms with Crippen LogP contribution in [0, 0.1) is 0 Å². The van der Waals surface area contributed by atoms with E-state index in [4.69, 9.17) is 4.74 Å². The summed E-state index contributed by atoms with van der Waals surface area (Å²) in [6.45, 7) is 4.10. The Morgan fingerprint density at radius 2 is 2.44 bits per heavy atom. The van der Waals surface area contributed by atoms with Gasteiger partial charge in [-0.25, -0.2) is 0 Å². The first-order chi connectivity index (χ1) is 7.95. The van der Waals surface area contributed by atoms with Crippen LogP contribution in [0.1, 0.15) is 25.7 Å². The van der Waals surface area contributed by atoms with Crippen LogP contribution in [0.3, 0.4) is 0 Å². The molecule has 1 aromatic rings. The molecule has 90 valence electrons. The highest BCUT2D eigenvalue weighted by Gasteiger charge is 2.13. The van der Waals surface area contributed by atoms with Crippen LogP contribution < -0.4 is 5.32 Å². The third-order valence-corrected chi connectivity index (χ3v) is 2.97. The van der Waals surface area contributed by atoms with Crippen LogP contribution >= 0.6 is 0 Å². The zero-order valence-corrected chi connectivity index (χ0v) is 9.77. The minimum Gasteiger partial charge on any atom is -0.378 e. The second kappa shape index (κ2) is 6.66. The smallest absolute Gasteiger partial charge is 0.0588 e. The predicted octanol–water partition coefficient (Wildman–Crippen LogP) is 1.43. The van der Waals surface area contributed by atoms with Crippen LogP contribution in [0.5, 0.6) is 0 Å². The first-order valence-electron chi connectivity index (χ1n) is 6.25. The predicted molar refractivity (Wildman–Crippen MR) is 63.3 cm³/mol. The van der Waals surface area contributed by atoms with Crippen molar-refractivity contribution < 1.29 is 4.74 Å². The van der Waals surface area contributed by atoms with Gasteiger partial charge in [-0.2, -0.15) is 5.10 Å². The van der Waals surface area contributed by atoms with Crippen LogP contribution in [-0.4, -0.2) is 35.6 Å². The van der Waals surface area contributed by atoms with Crippen LogP contribution in [0.4, 0.5) is 0 Å². The highest BCUT2D eigenvalue weighted by atomic mass is 16.5. The van der Waals surface area contributed by atoms with Crippen molar-refractivity contribution >= 4 is 0 Å². The Morgan fingerprint density at radius 1 is 1.44 bits per heavy atom. The minimum atomic E-state index is 0.513. The molecular formula is C12H21N3O. The van der Waals surface area contributed by atoms with E-state index in [1.54, 1.807) is 0 Å². The zero-order valence-electron chi connectivity index (χ0n) is 9.77. The van der Waals surface area contributed by atoms with Crippen molar-refractivity contribution in [2.24, 2.45) is 0 Å². The molecule has 1 atom stereocenters. The van der Waals surface area contributed by atoms with Crippen molar-refractivity contribution in [1.82, 2.24) is 15.1 Å². The van der Waals surface area contributed by atoms with Gasteiger partial charge in [-0.05, 0) is 44.8 Å². The molecule has 2 rings (SSSR count). The molecule has 0 bridgehead atoms. The quantitative estimate of drug-likeness (QED) is 0.711. The van der Waals surface area contributed by atoms with Gasteiger partial charge < -0.3 is 10.1 Å². The van der Waals surface area contributed by atoms with Gasteiger partial charge >= 0.3 is 0 Å². The molecule has 0 radical (unpaired) electrons. The monoisotopic (exact) mass is 223 g/mol. The van der Waals surface area contributed by atoms with E-state index in [2.05, 4.69) is 10.4 Å². The Hall–Kier alpha value is -0.870. The summed E-state index contributed by atoms with van der Waals surface area (Å²) in [6, 6.07) is 1.96. The first-order valence-corrected chi connectivity index (χ1v) is 6.25. The maximum absolute atomic E-state index is 5.56. The number of aryl methyl sites for hydroxylation is 1. The standard InChI is InChI=1S/C12H21N3O/c1-4-12(16-11-1)5-8-13-6-2-9-15-10-3-7-14-15/h3,7,10,12-13H,1-2,4-6,8-9,11H2. The molecule has 0 aromatic carbocycles. The van der Waals surface area contributed by atoms with Gasteiger partial charge in [0.1, 0.15) is 0 Å². The molecule has 4 heteroatoms. The summed E-state index contributed by atoms with van der Waals surface area (Å²) >= 11 is 0. The van der Waals surface area contributed by atoms with E-state index in [0.717, 1.165) is 39.1 Å². The normalized spacial score (nSPS) is 20.4. The molecule has 2 heterocycles. The third-order valence-electron chi connectivity index (χ3n) is 2.97. The number of nitrogens with one attached hydrogen (secondary N) is 1. The minimum absolute atomic E-state index is 0.513. The molecule has 16 heavy (non-hydrogen) atoms. The summed E-state index contributed by atoms with van der Waals surface area (Å²) in [4.78, 5) is 0. The summed E-state index contributed by atoms with van der Waals surface area (Å²) in [5.41, 5.74) is 0. The Labute approximate surface area is 97.0 Å². The van der Waals surface area contributed by atoms with Gasteiger partial charge in [0.2, 0.25) is 0 Å². The van der Waals surface area contributed by atoms with Gasteiger partial charge in [0.15, 0.2) is 0 Å². The SMILES string of the molecule is c1cnn(CCCNCCC2CCCO2)c1. The summed E-state index contributed by atoms with van der Waals surface area (Å²) in [7, 11) is 0. The summed E-state index contributed by atoms with van der Waals surface area (Å²) < 4.78 is 7.54. The van der Waals surface area contributed by atoms with Crippen molar-refractivity contribution in [1.29, 1.82) is 0 Å². The van der Waals surface area contributed by atoms with E-state index in [1.807, 2.05) is 23.1 Å². The number of hydrogen-bond acceptors (Lipinski definition) is 3. The Bertz CT molecular complexity index is 268. The molecule has 1 unspecified atom stereocenters. The summed E-state index contributed by atoms with van der Waals surface area (Å²) in [5, 5.41) is 7.62. The van der Waals surface area contributed by atoms with Crippen LogP contribution in [-0.2, 0) is 11.3 Å². The second-order valence-corrected chi connectivity index (χ2v) is 4.30. The lowest BCUT2D eigenvalue weighted by Crippen LogP contribution is -2.22. The van der Waals surface area contributed by atoms with Gasteiger partial charge in [-0.15, -0.1) is 0 Å². The van der Waals surface area contributed by atoms with Gasteiger partial charge in [0.05, 0.1) is 6.10 Å². The lowest BCUT2D eigenvalue weighted by atomic mass is 10.2. The molecule has 0 amide bonds. The number of rotatable bonds is 7. The summed E-state index contributed by atoms with van der Waals surface area (Å²) in [6.07, 6.45) is 9.11. The molecule has 1 aromatic heterocycles. The maximum atomic E-state index is 5.56. The van der Waals surface area contributed by atoms with E-state index >= 15 is 0 Å². The van der Waals surface area contributed by atoms with Crippen LogP contribution in [0.25, 0.3) is 0 Å². The second-order valence-electron chi connectivity index (χ2n) is 4.30. The molecule has 0 saturated carbocycles. The maximum Gasteiger partial charge on any atom is 0.0588 e. The molecule has 1 saturated heterocycles. The Kier molecular flexibility index (Phi) is 4.83. The van der Waals surface area contributed by atoms with Crippen LogP contribution in [0.2, 0.25) is 0 Å². The molecular weight excluding hydrogens is 202 g/mol. The largest absolute Gasteiger partial charge is 0.378 e. The van der Waals surface area contributed by atoms with Gasteiger partial charge in [0.25, 0.3) is 0 Å². The molecule has 0 spiro atoms. The number of hydrogen-bond donors (Lipinski definition) is 1. The highest BCUT2D eigenvalue weighted by Crippen LogP contribution is 2.14. The van der Waals surface area contributed by atoms with E-state index in [0.29, 0.717) is 6.10 Å². The van der Waals surface area contributed by atoms with E-state index in [9.17, 15) is 0 Å². The third kappa shape index (κ3) is 3.94. The fraction of sp³-hybridized carbons (Fsp3) is 0.750. The van der Waals surface area contributed by atoms with Crippen molar-refractivity contribution in [3.05, 3.63) is 18.5 Å². The Balaban J connectivity index is 1.43. The molecule has 1 fully saturated rings. The average Bonchev–Trinajstić information content (AvgIpc) is 2.96. The number of aromatic nitrogens is 2. The molecule has 1 N–H and O–H groups in total. The van der Waals surface area contributed by atoms with Crippen molar-refractivity contribution in [3.8, 4) is 0 Å². The van der Waals surface area contributed by atoms with E-state index < -0.39 is 0 Å². The fourth-order valence-corrected chi connectivity index (χ4v) is 2.06. The van der Waals surface area contributed by atoms with Gasteiger partial charge in [-0.3, -0.25) is 4.68 Å². The van der Waals surface area contributed by atoms with Gasteiger partial charge in [0, 0.05) is 25.5 Å². The lowest BCUT2D eigenvalue weighted by Gasteiger charge is -2.09. The fourth-order valence-electron chi connectivity index (χ4n) is 2.06. The number of ether oxygens (including phenoxy) is 1. The lowest BCUT2D eigenvalue weighted by molar-refractivity contribution is 0.104. The molecule has 4 nitrogen and oxygen atoms in total. The molecule has 1 aliphatic rings. The topological polar surface area (TPSA) is 39.1 Å². The average molecular weight is 223 g/mol. The first kappa shape index (κ1) is 11.6. The van der Waals surface area contributed by atoms with Crippen molar-refractivity contribution in [2.75, 3.05) is 19.7 Å². The van der Waals surface area contributed by atoms with Crippen LogP contribution in [0.15, 0.2) is 18.5 Å². The molecule has 0 aliphatic carbocycles. The molecule has 1 aliphatic heterocycles. The van der Waals surface area contributed by atoms with E-state index in [1.165, 1.54) is 12.8 Å². The van der Waals surface area contributed by atoms with Crippen molar-refractivity contribution in [2.45, 2.75) is 38.3 Å². The van der Waals surface area contributed by atoms with Crippen molar-refractivity contribution in [3.63, 3.8) is 0 Å². The Morgan fingerprint density at radius 3 is 3.19 bits per heavy atom.